The first-order chi connectivity index (χ1) is 5.79. The van der Waals surface area contributed by atoms with Gasteiger partial charge in [0.1, 0.15) is 0 Å². The van der Waals surface area contributed by atoms with Crippen molar-refractivity contribution in [3.05, 3.63) is 41.5 Å². The SMILES string of the molecule is CC1=CCC(C)c2ccccc21. The smallest absolute Gasteiger partial charge is 0.0150 e. The predicted octanol–water partition coefficient (Wildman–Crippen LogP) is 3.60. The van der Waals surface area contributed by atoms with Crippen LogP contribution in [0, 0.1) is 0 Å². The molecule has 0 saturated heterocycles. The lowest BCUT2D eigenvalue weighted by molar-refractivity contribution is 0.767. The second-order valence-corrected chi connectivity index (χ2v) is 3.61. The average molecular weight is 158 g/mol. The van der Waals surface area contributed by atoms with E-state index in [1.807, 2.05) is 0 Å². The van der Waals surface area contributed by atoms with Gasteiger partial charge in [0.2, 0.25) is 0 Å². The lowest BCUT2D eigenvalue weighted by Crippen LogP contribution is -2.01. The zero-order chi connectivity index (χ0) is 8.55. The predicted molar refractivity (Wildman–Crippen MR) is 53.1 cm³/mol. The van der Waals surface area contributed by atoms with E-state index in [2.05, 4.69) is 44.2 Å². The van der Waals surface area contributed by atoms with Gasteiger partial charge in [0, 0.05) is 0 Å². The van der Waals surface area contributed by atoms with Crippen molar-refractivity contribution in [2.45, 2.75) is 26.2 Å². The summed E-state index contributed by atoms with van der Waals surface area (Å²) < 4.78 is 0. The van der Waals surface area contributed by atoms with Gasteiger partial charge in [-0.1, -0.05) is 37.3 Å². The third kappa shape index (κ3) is 1.08. The molecule has 0 bridgehead atoms. The Hall–Kier alpha value is -1.04. The van der Waals surface area contributed by atoms with Crippen LogP contribution in [0.1, 0.15) is 37.3 Å². The van der Waals surface area contributed by atoms with Crippen molar-refractivity contribution in [2.24, 2.45) is 0 Å². The van der Waals surface area contributed by atoms with Crippen molar-refractivity contribution in [3.63, 3.8) is 0 Å². The molecule has 0 N–H and O–H groups in total. The number of hydrogen-bond donors (Lipinski definition) is 0. The van der Waals surface area contributed by atoms with Gasteiger partial charge in [-0.25, -0.2) is 0 Å². The van der Waals surface area contributed by atoms with Crippen LogP contribution in [0.5, 0.6) is 0 Å². The van der Waals surface area contributed by atoms with Crippen LogP contribution < -0.4 is 0 Å². The van der Waals surface area contributed by atoms with E-state index >= 15 is 0 Å². The summed E-state index contributed by atoms with van der Waals surface area (Å²) >= 11 is 0. The molecule has 0 aliphatic heterocycles. The summed E-state index contributed by atoms with van der Waals surface area (Å²) in [5.74, 6) is 0.699. The van der Waals surface area contributed by atoms with Gasteiger partial charge < -0.3 is 0 Å². The van der Waals surface area contributed by atoms with E-state index in [0.717, 1.165) is 0 Å². The van der Waals surface area contributed by atoms with Gasteiger partial charge in [-0.3, -0.25) is 0 Å². The molecule has 1 aliphatic carbocycles. The van der Waals surface area contributed by atoms with Crippen LogP contribution >= 0.6 is 0 Å². The van der Waals surface area contributed by atoms with Crippen LogP contribution in [-0.4, -0.2) is 0 Å². The molecule has 2 rings (SSSR count). The molecule has 0 radical (unpaired) electrons. The molecule has 1 aromatic rings. The summed E-state index contributed by atoms with van der Waals surface area (Å²) in [7, 11) is 0. The summed E-state index contributed by atoms with van der Waals surface area (Å²) in [4.78, 5) is 0. The Morgan fingerprint density at radius 1 is 1.25 bits per heavy atom. The molecular formula is C12H14. The van der Waals surface area contributed by atoms with Crippen LogP contribution in [0.15, 0.2) is 30.3 Å². The minimum absolute atomic E-state index is 0.699. The van der Waals surface area contributed by atoms with Gasteiger partial charge in [0.25, 0.3) is 0 Å². The van der Waals surface area contributed by atoms with Crippen LogP contribution in [-0.2, 0) is 0 Å². The van der Waals surface area contributed by atoms with Crippen molar-refractivity contribution < 1.29 is 0 Å². The fourth-order valence-corrected chi connectivity index (χ4v) is 1.88. The molecule has 0 fully saturated rings. The first-order valence-corrected chi connectivity index (χ1v) is 4.55. The topological polar surface area (TPSA) is 0 Å². The fraction of sp³-hybridized carbons (Fsp3) is 0.333. The van der Waals surface area contributed by atoms with Crippen molar-refractivity contribution in [1.29, 1.82) is 0 Å². The largest absolute Gasteiger partial charge is 0.0804 e. The molecule has 0 nitrogen and oxygen atoms in total. The minimum atomic E-state index is 0.699. The average Bonchev–Trinajstić information content (AvgIpc) is 2.12. The van der Waals surface area contributed by atoms with Gasteiger partial charge >= 0.3 is 0 Å². The molecule has 0 amide bonds. The lowest BCUT2D eigenvalue weighted by Gasteiger charge is -2.20. The van der Waals surface area contributed by atoms with Crippen molar-refractivity contribution >= 4 is 5.57 Å². The maximum absolute atomic E-state index is 2.34. The second kappa shape index (κ2) is 2.78. The van der Waals surface area contributed by atoms with Crippen molar-refractivity contribution in [1.82, 2.24) is 0 Å². The first-order valence-electron chi connectivity index (χ1n) is 4.55. The van der Waals surface area contributed by atoms with Gasteiger partial charge in [0.15, 0.2) is 0 Å². The Morgan fingerprint density at radius 3 is 2.75 bits per heavy atom. The van der Waals surface area contributed by atoms with E-state index in [1.54, 1.807) is 0 Å². The molecule has 1 atom stereocenters. The Balaban J connectivity index is 2.58. The normalized spacial score (nSPS) is 21.5. The molecule has 0 aromatic heterocycles. The number of allylic oxidation sites excluding steroid dienone is 2. The van der Waals surface area contributed by atoms with Crippen LogP contribution in [0.4, 0.5) is 0 Å². The summed E-state index contributed by atoms with van der Waals surface area (Å²) in [6.07, 6.45) is 3.54. The highest BCUT2D eigenvalue weighted by molar-refractivity contribution is 5.69. The molecule has 1 aromatic carbocycles. The van der Waals surface area contributed by atoms with E-state index in [-0.39, 0.29) is 0 Å². The molecule has 0 saturated carbocycles. The Bertz CT molecular complexity index is 321. The van der Waals surface area contributed by atoms with E-state index < -0.39 is 0 Å². The maximum Gasteiger partial charge on any atom is -0.0150 e. The zero-order valence-corrected chi connectivity index (χ0v) is 7.67. The summed E-state index contributed by atoms with van der Waals surface area (Å²) in [5.41, 5.74) is 4.39. The molecule has 0 heterocycles. The third-order valence-electron chi connectivity index (χ3n) is 2.69. The Kier molecular flexibility index (Phi) is 1.76. The monoisotopic (exact) mass is 158 g/mol. The third-order valence-corrected chi connectivity index (χ3v) is 2.69. The van der Waals surface area contributed by atoms with Crippen LogP contribution in [0.25, 0.3) is 5.57 Å². The standard InChI is InChI=1S/C12H14/c1-9-7-8-10(2)12-6-4-3-5-11(9)12/h3-7,10H,8H2,1-2H3. The van der Waals surface area contributed by atoms with Crippen molar-refractivity contribution in [2.75, 3.05) is 0 Å². The molecule has 0 spiro atoms. The fourth-order valence-electron chi connectivity index (χ4n) is 1.88. The van der Waals surface area contributed by atoms with Crippen LogP contribution in [0.2, 0.25) is 0 Å². The Morgan fingerprint density at radius 2 is 2.00 bits per heavy atom. The van der Waals surface area contributed by atoms with Gasteiger partial charge in [-0.05, 0) is 36.0 Å². The van der Waals surface area contributed by atoms with Gasteiger partial charge in [-0.2, -0.15) is 0 Å². The first kappa shape index (κ1) is 7.60. The summed E-state index contributed by atoms with van der Waals surface area (Å²) in [6, 6.07) is 8.72. The number of hydrogen-bond acceptors (Lipinski definition) is 0. The number of benzene rings is 1. The second-order valence-electron chi connectivity index (χ2n) is 3.61. The van der Waals surface area contributed by atoms with E-state index in [1.165, 1.54) is 23.1 Å². The number of fused-ring (bicyclic) bond motifs is 1. The molecule has 1 unspecified atom stereocenters. The highest BCUT2D eigenvalue weighted by Crippen LogP contribution is 2.33. The van der Waals surface area contributed by atoms with Crippen LogP contribution in [0.3, 0.4) is 0 Å². The molecule has 62 valence electrons. The summed E-state index contributed by atoms with van der Waals surface area (Å²) in [5, 5.41) is 0. The van der Waals surface area contributed by atoms with E-state index in [0.29, 0.717) is 5.92 Å². The van der Waals surface area contributed by atoms with E-state index in [4.69, 9.17) is 0 Å². The molecule has 0 heteroatoms. The lowest BCUT2D eigenvalue weighted by atomic mass is 9.85. The van der Waals surface area contributed by atoms with Gasteiger partial charge in [-0.15, -0.1) is 0 Å². The Labute approximate surface area is 73.9 Å². The molecule has 12 heavy (non-hydrogen) atoms. The highest BCUT2D eigenvalue weighted by atomic mass is 14.2. The molecule has 1 aliphatic rings. The number of rotatable bonds is 0. The van der Waals surface area contributed by atoms with E-state index in [9.17, 15) is 0 Å². The molecular weight excluding hydrogens is 144 g/mol. The maximum atomic E-state index is 2.34. The van der Waals surface area contributed by atoms with Gasteiger partial charge in [0.05, 0.1) is 0 Å². The van der Waals surface area contributed by atoms with Crippen molar-refractivity contribution in [3.8, 4) is 0 Å². The quantitative estimate of drug-likeness (QED) is 0.541. The highest BCUT2D eigenvalue weighted by Gasteiger charge is 2.14. The zero-order valence-electron chi connectivity index (χ0n) is 7.67. The minimum Gasteiger partial charge on any atom is -0.0804 e. The summed E-state index contributed by atoms with van der Waals surface area (Å²) in [6.45, 7) is 4.49.